The topological polar surface area (TPSA) is 93.3 Å². The van der Waals surface area contributed by atoms with Gasteiger partial charge in [0.05, 0.1) is 11.1 Å². The molecule has 5 nitrogen and oxygen atoms in total. The van der Waals surface area contributed by atoms with Crippen LogP contribution in [-0.4, -0.2) is 18.5 Å². The zero-order valence-electron chi connectivity index (χ0n) is 9.04. The number of sulfonamides is 1. The number of halogens is 1. The number of aromatic nitrogens is 1. The Balaban J connectivity index is 2.55. The van der Waals surface area contributed by atoms with Crippen LogP contribution in [0.3, 0.4) is 0 Å². The van der Waals surface area contributed by atoms with Gasteiger partial charge in [-0.25, -0.2) is 17.9 Å². The molecular formula is C11H9FN2O3S. The Morgan fingerprint density at radius 1 is 1.22 bits per heavy atom. The Morgan fingerprint density at radius 3 is 2.50 bits per heavy atom. The summed E-state index contributed by atoms with van der Waals surface area (Å²) in [6.07, 6.45) is 2.56. The minimum Gasteiger partial charge on any atom is -0.506 e. The molecule has 3 N–H and O–H groups in total. The first-order valence-corrected chi connectivity index (χ1v) is 6.39. The van der Waals surface area contributed by atoms with E-state index in [-0.39, 0.29) is 16.2 Å². The monoisotopic (exact) mass is 268 g/mol. The van der Waals surface area contributed by atoms with Crippen molar-refractivity contribution in [3.8, 4) is 16.9 Å². The Morgan fingerprint density at radius 2 is 1.94 bits per heavy atom. The molecule has 0 radical (unpaired) electrons. The molecule has 0 amide bonds. The van der Waals surface area contributed by atoms with E-state index in [0.29, 0.717) is 5.56 Å². The molecule has 0 unspecified atom stereocenters. The molecule has 1 heterocycles. The van der Waals surface area contributed by atoms with E-state index in [0.717, 1.165) is 6.07 Å². The zero-order chi connectivity index (χ0) is 13.3. The lowest BCUT2D eigenvalue weighted by atomic mass is 10.1. The first kappa shape index (κ1) is 12.5. The first-order chi connectivity index (χ1) is 8.38. The van der Waals surface area contributed by atoms with Crippen LogP contribution in [0.2, 0.25) is 0 Å². The summed E-state index contributed by atoms with van der Waals surface area (Å²) in [6, 6.07) is 4.61. The highest BCUT2D eigenvalue weighted by atomic mass is 32.2. The fourth-order valence-corrected chi connectivity index (χ4v) is 2.01. The van der Waals surface area contributed by atoms with Gasteiger partial charge in [-0.3, -0.25) is 4.98 Å². The minimum atomic E-state index is -3.94. The Labute approximate surface area is 103 Å². The molecular weight excluding hydrogens is 259 g/mol. The molecule has 1 aromatic heterocycles. The Kier molecular flexibility index (Phi) is 3.02. The van der Waals surface area contributed by atoms with Crippen LogP contribution in [-0.2, 0) is 10.0 Å². The molecule has 0 saturated heterocycles. The van der Waals surface area contributed by atoms with E-state index in [9.17, 15) is 17.9 Å². The van der Waals surface area contributed by atoms with Gasteiger partial charge in [-0.2, -0.15) is 0 Å². The van der Waals surface area contributed by atoms with E-state index < -0.39 is 15.8 Å². The van der Waals surface area contributed by atoms with Crippen LogP contribution in [0.15, 0.2) is 41.6 Å². The van der Waals surface area contributed by atoms with Crippen LogP contribution in [0, 0.1) is 5.82 Å². The molecule has 0 atom stereocenters. The third kappa shape index (κ3) is 2.47. The average molecular weight is 268 g/mol. The number of rotatable bonds is 2. The van der Waals surface area contributed by atoms with E-state index in [1.165, 1.54) is 30.6 Å². The van der Waals surface area contributed by atoms with Gasteiger partial charge in [0.15, 0.2) is 0 Å². The fraction of sp³-hybridized carbons (Fsp3) is 0. The first-order valence-electron chi connectivity index (χ1n) is 4.84. The van der Waals surface area contributed by atoms with Gasteiger partial charge in [0, 0.05) is 17.3 Å². The molecule has 1 aromatic carbocycles. The van der Waals surface area contributed by atoms with Crippen molar-refractivity contribution in [3.05, 3.63) is 42.5 Å². The van der Waals surface area contributed by atoms with Crippen LogP contribution >= 0.6 is 0 Å². The van der Waals surface area contributed by atoms with Crippen LogP contribution in [0.5, 0.6) is 5.75 Å². The second-order valence-electron chi connectivity index (χ2n) is 3.62. The standard InChI is InChI=1S/C11H9FN2O3S/c12-11-4-9(18(13,16)17)1-2-10(11)7-3-8(15)6-14-5-7/h1-6,15H,(H2,13,16,17). The molecule has 0 aliphatic rings. The highest BCUT2D eigenvalue weighted by Gasteiger charge is 2.13. The Hall–Kier alpha value is -1.99. The molecule has 2 rings (SSSR count). The molecule has 7 heteroatoms. The van der Waals surface area contributed by atoms with E-state index in [4.69, 9.17) is 5.14 Å². The van der Waals surface area contributed by atoms with Gasteiger partial charge < -0.3 is 5.11 Å². The summed E-state index contributed by atoms with van der Waals surface area (Å²) in [4.78, 5) is 3.40. The highest BCUT2D eigenvalue weighted by Crippen LogP contribution is 2.26. The molecule has 0 aliphatic carbocycles. The molecule has 0 aliphatic heterocycles. The summed E-state index contributed by atoms with van der Waals surface area (Å²) in [5, 5.41) is 14.1. The van der Waals surface area contributed by atoms with Crippen molar-refractivity contribution in [2.24, 2.45) is 5.14 Å². The largest absolute Gasteiger partial charge is 0.506 e. The van der Waals surface area contributed by atoms with Gasteiger partial charge in [-0.1, -0.05) is 6.07 Å². The van der Waals surface area contributed by atoms with Crippen molar-refractivity contribution in [2.75, 3.05) is 0 Å². The third-order valence-corrected chi connectivity index (χ3v) is 3.21. The van der Waals surface area contributed by atoms with Crippen LogP contribution in [0.4, 0.5) is 4.39 Å². The fourth-order valence-electron chi connectivity index (χ4n) is 1.48. The minimum absolute atomic E-state index is 0.109. The number of hydrogen-bond acceptors (Lipinski definition) is 4. The molecule has 18 heavy (non-hydrogen) atoms. The highest BCUT2D eigenvalue weighted by molar-refractivity contribution is 7.89. The van der Waals surface area contributed by atoms with Crippen LogP contribution in [0.25, 0.3) is 11.1 Å². The second-order valence-corrected chi connectivity index (χ2v) is 5.18. The number of nitrogens with zero attached hydrogens (tertiary/aromatic N) is 1. The SMILES string of the molecule is NS(=O)(=O)c1ccc(-c2cncc(O)c2)c(F)c1. The van der Waals surface area contributed by atoms with Gasteiger partial charge in [0.1, 0.15) is 11.6 Å². The van der Waals surface area contributed by atoms with Crippen molar-refractivity contribution in [2.45, 2.75) is 4.90 Å². The summed E-state index contributed by atoms with van der Waals surface area (Å²) in [6.45, 7) is 0. The third-order valence-electron chi connectivity index (χ3n) is 2.30. The lowest BCUT2D eigenvalue weighted by Gasteiger charge is -2.05. The maximum atomic E-state index is 13.8. The Bertz CT molecular complexity index is 701. The summed E-state index contributed by atoms with van der Waals surface area (Å²) >= 11 is 0. The van der Waals surface area contributed by atoms with Gasteiger partial charge in [-0.05, 0) is 18.2 Å². The normalized spacial score (nSPS) is 11.4. The second kappa shape index (κ2) is 4.35. The summed E-state index contributed by atoms with van der Waals surface area (Å²) in [7, 11) is -3.94. The average Bonchev–Trinajstić information content (AvgIpc) is 2.27. The van der Waals surface area contributed by atoms with Gasteiger partial charge in [0.25, 0.3) is 0 Å². The summed E-state index contributed by atoms with van der Waals surface area (Å²) in [5.74, 6) is -0.864. The lowest BCUT2D eigenvalue weighted by molar-refractivity contribution is 0.473. The number of pyridine rings is 1. The van der Waals surface area contributed by atoms with Crippen molar-refractivity contribution < 1.29 is 17.9 Å². The number of nitrogens with two attached hydrogens (primary N) is 1. The van der Waals surface area contributed by atoms with Crippen LogP contribution in [0.1, 0.15) is 0 Å². The summed E-state index contributed by atoms with van der Waals surface area (Å²) < 4.78 is 35.9. The van der Waals surface area contributed by atoms with Gasteiger partial charge in [0.2, 0.25) is 10.0 Å². The zero-order valence-corrected chi connectivity index (χ0v) is 9.86. The van der Waals surface area contributed by atoms with Crippen molar-refractivity contribution in [1.29, 1.82) is 0 Å². The number of benzene rings is 1. The van der Waals surface area contributed by atoms with Crippen molar-refractivity contribution >= 4 is 10.0 Å². The molecule has 0 saturated carbocycles. The van der Waals surface area contributed by atoms with Crippen LogP contribution < -0.4 is 5.14 Å². The van der Waals surface area contributed by atoms with Gasteiger partial charge in [-0.15, -0.1) is 0 Å². The lowest BCUT2D eigenvalue weighted by Crippen LogP contribution is -2.12. The molecule has 0 fully saturated rings. The quantitative estimate of drug-likeness (QED) is 0.856. The molecule has 0 bridgehead atoms. The van der Waals surface area contributed by atoms with E-state index in [1.54, 1.807) is 0 Å². The number of aromatic hydroxyl groups is 1. The molecule has 0 spiro atoms. The summed E-state index contributed by atoms with van der Waals surface area (Å²) in [5.41, 5.74) is 0.472. The number of hydrogen-bond donors (Lipinski definition) is 2. The van der Waals surface area contributed by atoms with Crippen molar-refractivity contribution in [1.82, 2.24) is 4.98 Å². The maximum Gasteiger partial charge on any atom is 0.238 e. The number of primary sulfonamides is 1. The van der Waals surface area contributed by atoms with E-state index >= 15 is 0 Å². The molecule has 2 aromatic rings. The van der Waals surface area contributed by atoms with Crippen molar-refractivity contribution in [3.63, 3.8) is 0 Å². The maximum absolute atomic E-state index is 13.8. The van der Waals surface area contributed by atoms with Gasteiger partial charge >= 0.3 is 0 Å². The smallest absolute Gasteiger partial charge is 0.238 e. The predicted molar refractivity (Wildman–Crippen MR) is 62.7 cm³/mol. The van der Waals surface area contributed by atoms with E-state index in [1.807, 2.05) is 0 Å². The molecule has 94 valence electrons. The van der Waals surface area contributed by atoms with E-state index in [2.05, 4.69) is 4.98 Å². The predicted octanol–water partition coefficient (Wildman–Crippen LogP) is 1.24.